The van der Waals surface area contributed by atoms with Gasteiger partial charge in [-0.25, -0.2) is 19.2 Å². The number of nitrogens with zero attached hydrogens (tertiary/aromatic N) is 2. The third kappa shape index (κ3) is 5.04. The molecule has 4 rings (SSSR count). The van der Waals surface area contributed by atoms with Gasteiger partial charge in [0.25, 0.3) is 0 Å². The average molecular weight is 469 g/mol. The van der Waals surface area contributed by atoms with E-state index in [4.69, 9.17) is 25.8 Å². The Bertz CT molecular complexity index is 1320. The van der Waals surface area contributed by atoms with Crippen molar-refractivity contribution in [3.05, 3.63) is 71.8 Å². The van der Waals surface area contributed by atoms with Gasteiger partial charge >= 0.3 is 6.03 Å². The van der Waals surface area contributed by atoms with Crippen molar-refractivity contribution in [1.29, 1.82) is 0 Å². The van der Waals surface area contributed by atoms with Gasteiger partial charge < -0.3 is 24.8 Å². The van der Waals surface area contributed by atoms with E-state index < -0.39 is 11.8 Å². The minimum absolute atomic E-state index is 0.0809. The number of carbonyl (C=O) groups is 1. The molecule has 2 amide bonds. The van der Waals surface area contributed by atoms with Crippen molar-refractivity contribution in [3.63, 3.8) is 0 Å². The summed E-state index contributed by atoms with van der Waals surface area (Å²) in [6, 6.07) is 13.6. The molecule has 3 aromatic carbocycles. The predicted octanol–water partition coefficient (Wildman–Crippen LogP) is 5.88. The molecule has 0 aliphatic heterocycles. The van der Waals surface area contributed by atoms with E-state index in [1.54, 1.807) is 50.6 Å². The van der Waals surface area contributed by atoms with Crippen molar-refractivity contribution in [3.8, 4) is 23.1 Å². The quantitative estimate of drug-likeness (QED) is 0.367. The lowest BCUT2D eigenvalue weighted by Gasteiger charge is -2.12. The van der Waals surface area contributed by atoms with Crippen molar-refractivity contribution in [2.24, 2.45) is 0 Å². The van der Waals surface area contributed by atoms with Gasteiger partial charge in [-0.15, -0.1) is 0 Å². The summed E-state index contributed by atoms with van der Waals surface area (Å²) in [4.78, 5) is 20.6. The number of ether oxygens (including phenoxy) is 3. The highest BCUT2D eigenvalue weighted by Gasteiger charge is 2.13. The molecule has 8 nitrogen and oxygen atoms in total. The largest absolute Gasteiger partial charge is 0.493 e. The van der Waals surface area contributed by atoms with Crippen LogP contribution in [0.5, 0.6) is 23.1 Å². The van der Waals surface area contributed by atoms with Gasteiger partial charge in [-0.05, 0) is 48.5 Å². The van der Waals surface area contributed by atoms with E-state index in [2.05, 4.69) is 20.6 Å². The zero-order chi connectivity index (χ0) is 23.4. The van der Waals surface area contributed by atoms with Crippen molar-refractivity contribution in [2.45, 2.75) is 0 Å². The highest BCUT2D eigenvalue weighted by Crippen LogP contribution is 2.35. The van der Waals surface area contributed by atoms with Crippen LogP contribution >= 0.6 is 11.6 Å². The fraction of sp³-hybridized carbons (Fsp3) is 0.0870. The van der Waals surface area contributed by atoms with Crippen LogP contribution in [0.4, 0.5) is 20.6 Å². The maximum atomic E-state index is 13.2. The fourth-order valence-electron chi connectivity index (χ4n) is 3.03. The molecule has 0 aliphatic carbocycles. The molecule has 0 atom stereocenters. The molecule has 0 spiro atoms. The van der Waals surface area contributed by atoms with Gasteiger partial charge in [-0.3, -0.25) is 0 Å². The second kappa shape index (κ2) is 9.58. The third-order valence-electron chi connectivity index (χ3n) is 4.61. The number of amides is 2. The van der Waals surface area contributed by atoms with Gasteiger partial charge in [0, 0.05) is 17.4 Å². The smallest absolute Gasteiger partial charge is 0.323 e. The summed E-state index contributed by atoms with van der Waals surface area (Å²) in [7, 11) is 3.09. The van der Waals surface area contributed by atoms with Gasteiger partial charge in [0.15, 0.2) is 11.5 Å². The Hall–Kier alpha value is -4.11. The highest BCUT2D eigenvalue weighted by atomic mass is 35.5. The molecule has 33 heavy (non-hydrogen) atoms. The Balaban J connectivity index is 1.47. The number of carbonyl (C=O) groups excluding carboxylic acids is 1. The summed E-state index contributed by atoms with van der Waals surface area (Å²) in [6.07, 6.45) is 1.39. The average Bonchev–Trinajstić information content (AvgIpc) is 2.82. The second-order valence-electron chi connectivity index (χ2n) is 6.74. The van der Waals surface area contributed by atoms with E-state index >= 15 is 0 Å². The first kappa shape index (κ1) is 22.1. The topological polar surface area (TPSA) is 94.6 Å². The number of hydrogen-bond acceptors (Lipinski definition) is 6. The molecule has 2 N–H and O–H groups in total. The van der Waals surface area contributed by atoms with E-state index in [0.29, 0.717) is 45.4 Å². The number of urea groups is 1. The summed E-state index contributed by atoms with van der Waals surface area (Å²) in [5.74, 6) is 1.35. The summed E-state index contributed by atoms with van der Waals surface area (Å²) >= 11 is 5.73. The van der Waals surface area contributed by atoms with Crippen LogP contribution in [0.2, 0.25) is 5.02 Å². The number of nitrogens with one attached hydrogen (secondary N) is 2. The van der Waals surface area contributed by atoms with Gasteiger partial charge in [0.05, 0.1) is 30.1 Å². The molecule has 1 aromatic heterocycles. The lowest BCUT2D eigenvalue weighted by molar-refractivity contribution is 0.262. The van der Waals surface area contributed by atoms with Crippen LogP contribution in [0.3, 0.4) is 0 Å². The summed E-state index contributed by atoms with van der Waals surface area (Å²) < 4.78 is 29.8. The van der Waals surface area contributed by atoms with Crippen molar-refractivity contribution < 1.29 is 23.4 Å². The number of fused-ring (bicyclic) bond motifs is 1. The molecule has 168 valence electrons. The zero-order valence-corrected chi connectivity index (χ0v) is 18.3. The molecule has 0 unspecified atom stereocenters. The van der Waals surface area contributed by atoms with Crippen molar-refractivity contribution >= 4 is 39.9 Å². The SMILES string of the molecule is COc1cc2ncnc(Oc3ccc(NC(=O)Nc4ccc(F)c(Cl)c4)cc3)c2cc1OC. The van der Waals surface area contributed by atoms with Crippen LogP contribution in [0.25, 0.3) is 10.9 Å². The third-order valence-corrected chi connectivity index (χ3v) is 4.90. The maximum Gasteiger partial charge on any atom is 0.323 e. The number of methoxy groups -OCH3 is 2. The summed E-state index contributed by atoms with van der Waals surface area (Å²) in [6.45, 7) is 0. The lowest BCUT2D eigenvalue weighted by Crippen LogP contribution is -2.19. The van der Waals surface area contributed by atoms with Gasteiger partial charge in [0.2, 0.25) is 5.88 Å². The number of halogens is 2. The molecular formula is C23H18ClFN4O4. The number of anilines is 2. The Morgan fingerprint density at radius 3 is 2.27 bits per heavy atom. The Kier molecular flexibility index (Phi) is 6.41. The standard InChI is InChI=1S/C23H18ClFN4O4/c1-31-20-10-16-19(11-21(20)32-2)26-12-27-22(16)33-15-6-3-13(4-7-15)28-23(30)29-14-5-8-18(25)17(24)9-14/h3-12H,1-2H3,(H2,28,29,30). The first-order valence-electron chi connectivity index (χ1n) is 9.64. The molecule has 1 heterocycles. The minimum atomic E-state index is -0.563. The number of aromatic nitrogens is 2. The first-order chi connectivity index (χ1) is 16.0. The van der Waals surface area contributed by atoms with Crippen molar-refractivity contribution in [2.75, 3.05) is 24.9 Å². The van der Waals surface area contributed by atoms with E-state index in [-0.39, 0.29) is 5.02 Å². The van der Waals surface area contributed by atoms with Crippen LogP contribution in [0.15, 0.2) is 60.9 Å². The molecule has 0 bridgehead atoms. The molecule has 0 aliphatic rings. The molecule has 0 saturated heterocycles. The van der Waals surface area contributed by atoms with Crippen LogP contribution in [0, 0.1) is 5.82 Å². The molecule has 0 saturated carbocycles. The molecule has 4 aromatic rings. The first-order valence-corrected chi connectivity index (χ1v) is 10.0. The monoisotopic (exact) mass is 468 g/mol. The molecule has 0 fully saturated rings. The van der Waals surface area contributed by atoms with E-state index in [9.17, 15) is 9.18 Å². The van der Waals surface area contributed by atoms with Crippen LogP contribution in [-0.4, -0.2) is 30.2 Å². The zero-order valence-electron chi connectivity index (χ0n) is 17.6. The molecule has 0 radical (unpaired) electrons. The predicted molar refractivity (Wildman–Crippen MR) is 123 cm³/mol. The normalized spacial score (nSPS) is 10.5. The Morgan fingerprint density at radius 1 is 0.909 bits per heavy atom. The van der Waals surface area contributed by atoms with Crippen LogP contribution in [-0.2, 0) is 0 Å². The van der Waals surface area contributed by atoms with Gasteiger partial charge in [-0.2, -0.15) is 0 Å². The second-order valence-corrected chi connectivity index (χ2v) is 7.14. The van der Waals surface area contributed by atoms with Crippen molar-refractivity contribution in [1.82, 2.24) is 9.97 Å². The summed E-state index contributed by atoms with van der Waals surface area (Å²) in [5.41, 5.74) is 1.52. The Labute approximate surface area is 193 Å². The molecule has 10 heteroatoms. The van der Waals surface area contributed by atoms with E-state index in [1.807, 2.05) is 0 Å². The van der Waals surface area contributed by atoms with Crippen LogP contribution < -0.4 is 24.8 Å². The Morgan fingerprint density at radius 2 is 1.58 bits per heavy atom. The number of benzene rings is 3. The minimum Gasteiger partial charge on any atom is -0.493 e. The summed E-state index contributed by atoms with van der Waals surface area (Å²) in [5, 5.41) is 5.82. The number of hydrogen-bond donors (Lipinski definition) is 2. The maximum absolute atomic E-state index is 13.2. The van der Waals surface area contributed by atoms with Gasteiger partial charge in [0.1, 0.15) is 17.9 Å². The number of rotatable bonds is 6. The van der Waals surface area contributed by atoms with E-state index in [1.165, 1.54) is 24.5 Å². The lowest BCUT2D eigenvalue weighted by atomic mass is 10.2. The highest BCUT2D eigenvalue weighted by molar-refractivity contribution is 6.31. The van der Waals surface area contributed by atoms with Gasteiger partial charge in [-0.1, -0.05) is 11.6 Å². The van der Waals surface area contributed by atoms with Crippen LogP contribution in [0.1, 0.15) is 0 Å². The molecular weight excluding hydrogens is 451 g/mol. The van der Waals surface area contributed by atoms with E-state index in [0.717, 1.165) is 0 Å². The fourth-order valence-corrected chi connectivity index (χ4v) is 3.21.